The summed E-state index contributed by atoms with van der Waals surface area (Å²) in [6.45, 7) is 3.97. The van der Waals surface area contributed by atoms with Crippen LogP contribution in [0.2, 0.25) is 0 Å². The van der Waals surface area contributed by atoms with E-state index in [2.05, 4.69) is 5.32 Å². The first kappa shape index (κ1) is 26.9. The average molecular weight is 515 g/mol. The lowest BCUT2D eigenvalue weighted by Gasteiger charge is -2.30. The Kier molecular flexibility index (Phi) is 8.79. The van der Waals surface area contributed by atoms with Crippen LogP contribution in [0.1, 0.15) is 47.9 Å². The molecule has 0 unspecified atom stereocenters. The van der Waals surface area contributed by atoms with Gasteiger partial charge in [0.25, 0.3) is 5.91 Å². The number of amides is 2. The van der Waals surface area contributed by atoms with Crippen LogP contribution in [0.15, 0.2) is 72.8 Å². The van der Waals surface area contributed by atoms with E-state index in [0.29, 0.717) is 5.75 Å². The number of hydroxylamine groups is 2. The number of aryl methyl sites for hydroxylation is 2. The number of carboxylic acids is 1. The van der Waals surface area contributed by atoms with Crippen molar-refractivity contribution in [2.75, 3.05) is 5.32 Å². The number of aliphatic carboxylic acids is 1. The number of nitrogens with zero attached hydrogens (tertiary/aromatic N) is 1. The lowest BCUT2D eigenvalue weighted by atomic mass is 10.0. The molecule has 7 heteroatoms. The molecule has 1 aliphatic rings. The fraction of sp³-hybridized carbons (Fsp3) is 0.323. The van der Waals surface area contributed by atoms with Gasteiger partial charge < -0.3 is 15.3 Å². The molecule has 4 rings (SSSR count). The highest BCUT2D eigenvalue weighted by Crippen LogP contribution is 2.29. The van der Waals surface area contributed by atoms with Crippen LogP contribution < -0.4 is 10.2 Å². The van der Waals surface area contributed by atoms with E-state index in [1.54, 1.807) is 24.3 Å². The van der Waals surface area contributed by atoms with E-state index >= 15 is 0 Å². The Morgan fingerprint density at radius 3 is 2.16 bits per heavy atom. The third-order valence-corrected chi connectivity index (χ3v) is 6.76. The third-order valence-electron chi connectivity index (χ3n) is 6.76. The van der Waals surface area contributed by atoms with Crippen LogP contribution in [0.4, 0.5) is 5.69 Å². The molecular formula is C31H34N2O5. The lowest BCUT2D eigenvalue weighted by Crippen LogP contribution is -2.50. The van der Waals surface area contributed by atoms with E-state index in [1.165, 1.54) is 0 Å². The molecule has 0 spiro atoms. The zero-order valence-electron chi connectivity index (χ0n) is 21.9. The van der Waals surface area contributed by atoms with Crippen molar-refractivity contribution in [2.24, 2.45) is 5.92 Å². The summed E-state index contributed by atoms with van der Waals surface area (Å²) in [5.74, 6) is -1.48. The average Bonchev–Trinajstić information content (AvgIpc) is 3.42. The van der Waals surface area contributed by atoms with E-state index in [0.717, 1.165) is 58.7 Å². The van der Waals surface area contributed by atoms with E-state index in [1.807, 2.05) is 62.4 Å². The Balaban J connectivity index is 1.47. The van der Waals surface area contributed by atoms with Crippen LogP contribution in [-0.4, -0.2) is 34.0 Å². The molecule has 2 amide bonds. The zero-order chi connectivity index (χ0) is 27.1. The maximum Gasteiger partial charge on any atom is 0.330 e. The molecule has 198 valence electrons. The molecule has 1 saturated carbocycles. The van der Waals surface area contributed by atoms with Crippen molar-refractivity contribution < 1.29 is 24.3 Å². The monoisotopic (exact) mass is 514 g/mol. The first-order valence-electron chi connectivity index (χ1n) is 13.0. The highest BCUT2D eigenvalue weighted by atomic mass is 16.7. The number of rotatable bonds is 10. The van der Waals surface area contributed by atoms with Crippen LogP contribution in [0, 0.1) is 19.8 Å². The van der Waals surface area contributed by atoms with E-state index in [9.17, 15) is 19.5 Å². The van der Waals surface area contributed by atoms with Gasteiger partial charge in [0.15, 0.2) is 11.8 Å². The first-order valence-corrected chi connectivity index (χ1v) is 13.0. The summed E-state index contributed by atoms with van der Waals surface area (Å²) in [5, 5.41) is 14.0. The summed E-state index contributed by atoms with van der Waals surface area (Å²) < 4.78 is 0. The van der Waals surface area contributed by atoms with Gasteiger partial charge in [-0.15, -0.1) is 0 Å². The molecular weight excluding hydrogens is 480 g/mol. The normalized spacial score (nSPS) is 14.1. The van der Waals surface area contributed by atoms with Crippen molar-refractivity contribution in [3.05, 3.63) is 95.1 Å². The topological polar surface area (TPSA) is 95.9 Å². The Bertz CT molecular complexity index is 1250. The summed E-state index contributed by atoms with van der Waals surface area (Å²) in [4.78, 5) is 44.3. The minimum Gasteiger partial charge on any atom is -0.480 e. The number of nitrogens with one attached hydrogen (secondary N) is 1. The van der Waals surface area contributed by atoms with Gasteiger partial charge in [-0.3, -0.25) is 9.59 Å². The van der Waals surface area contributed by atoms with E-state index in [4.69, 9.17) is 4.84 Å². The van der Waals surface area contributed by atoms with Crippen molar-refractivity contribution in [1.29, 1.82) is 0 Å². The number of anilines is 1. The SMILES string of the molecule is Cc1cc(C)cc(NC(=O)Cc2ccc(ON(C(=O)C3CCCC3)[C@@H](Cc3ccccc3)C(=O)O)cc2)c1. The number of hydrogen-bond acceptors (Lipinski definition) is 4. The first-order chi connectivity index (χ1) is 18.3. The quantitative estimate of drug-likeness (QED) is 0.349. The predicted octanol–water partition coefficient (Wildman–Crippen LogP) is 5.49. The fourth-order valence-electron chi connectivity index (χ4n) is 4.94. The maximum absolute atomic E-state index is 13.4. The molecule has 3 aromatic carbocycles. The summed E-state index contributed by atoms with van der Waals surface area (Å²) >= 11 is 0. The van der Waals surface area contributed by atoms with Crippen LogP contribution in [0.3, 0.4) is 0 Å². The molecule has 0 saturated heterocycles. The summed E-state index contributed by atoms with van der Waals surface area (Å²) in [6, 6.07) is 20.8. The predicted molar refractivity (Wildman–Crippen MR) is 146 cm³/mol. The van der Waals surface area contributed by atoms with Crippen molar-refractivity contribution in [1.82, 2.24) is 5.06 Å². The second kappa shape index (κ2) is 12.4. The Hall–Kier alpha value is -4.13. The van der Waals surface area contributed by atoms with Gasteiger partial charge in [-0.05, 0) is 73.2 Å². The second-order valence-electron chi connectivity index (χ2n) is 10.0. The molecule has 0 aliphatic heterocycles. The Morgan fingerprint density at radius 1 is 0.921 bits per heavy atom. The summed E-state index contributed by atoms with van der Waals surface area (Å²) in [6.07, 6.45) is 3.64. The summed E-state index contributed by atoms with van der Waals surface area (Å²) in [7, 11) is 0. The number of carbonyl (C=O) groups is 3. The number of carbonyl (C=O) groups excluding carboxylic acids is 2. The van der Waals surface area contributed by atoms with Gasteiger partial charge in [0.2, 0.25) is 5.91 Å². The van der Waals surface area contributed by atoms with Crippen LogP contribution >= 0.6 is 0 Å². The fourth-order valence-corrected chi connectivity index (χ4v) is 4.94. The Morgan fingerprint density at radius 2 is 1.55 bits per heavy atom. The van der Waals surface area contributed by atoms with Gasteiger partial charge >= 0.3 is 5.97 Å². The number of benzene rings is 3. The molecule has 1 aliphatic carbocycles. The Labute approximate surface area is 223 Å². The maximum atomic E-state index is 13.4. The number of carboxylic acid groups (broad SMARTS) is 1. The van der Waals surface area contributed by atoms with Crippen molar-refractivity contribution in [2.45, 2.75) is 58.4 Å². The zero-order valence-corrected chi connectivity index (χ0v) is 21.9. The highest BCUT2D eigenvalue weighted by Gasteiger charge is 2.37. The van der Waals surface area contributed by atoms with Gasteiger partial charge in [0.05, 0.1) is 6.42 Å². The molecule has 3 aromatic rings. The molecule has 1 atom stereocenters. The minimum absolute atomic E-state index is 0.130. The summed E-state index contributed by atoms with van der Waals surface area (Å²) in [5.41, 5.74) is 4.48. The standard InChI is InChI=1S/C31H34N2O5/c1-21-16-22(2)18-26(17-21)32-29(34)20-24-12-14-27(15-13-24)38-33(30(35)25-10-6-7-11-25)28(31(36)37)19-23-8-4-3-5-9-23/h3-5,8-9,12-18,25,28H,6-7,10-11,19-20H2,1-2H3,(H,32,34)(H,36,37)/t28-/m0/s1. The van der Waals surface area contributed by atoms with Gasteiger partial charge in [0.1, 0.15) is 0 Å². The van der Waals surface area contributed by atoms with Gasteiger partial charge in [-0.25, -0.2) is 4.79 Å². The van der Waals surface area contributed by atoms with Gasteiger partial charge in [-0.2, -0.15) is 5.06 Å². The molecule has 7 nitrogen and oxygen atoms in total. The molecule has 0 heterocycles. The van der Waals surface area contributed by atoms with Crippen LogP contribution in [0.5, 0.6) is 5.75 Å². The molecule has 1 fully saturated rings. The largest absolute Gasteiger partial charge is 0.480 e. The minimum atomic E-state index is -1.17. The van der Waals surface area contributed by atoms with Crippen molar-refractivity contribution in [3.8, 4) is 5.75 Å². The van der Waals surface area contributed by atoms with Crippen molar-refractivity contribution >= 4 is 23.5 Å². The highest BCUT2D eigenvalue weighted by molar-refractivity contribution is 5.92. The molecule has 2 N–H and O–H groups in total. The lowest BCUT2D eigenvalue weighted by molar-refractivity contribution is -0.180. The third kappa shape index (κ3) is 7.22. The van der Waals surface area contributed by atoms with Crippen LogP contribution in [0.25, 0.3) is 0 Å². The van der Waals surface area contributed by atoms with Gasteiger partial charge in [-0.1, -0.05) is 61.4 Å². The molecule has 0 bridgehead atoms. The van der Waals surface area contributed by atoms with Crippen LogP contribution in [-0.2, 0) is 27.2 Å². The molecule has 38 heavy (non-hydrogen) atoms. The van der Waals surface area contributed by atoms with E-state index in [-0.39, 0.29) is 30.6 Å². The second-order valence-corrected chi connectivity index (χ2v) is 10.0. The molecule has 0 radical (unpaired) electrons. The smallest absolute Gasteiger partial charge is 0.330 e. The number of hydrogen-bond donors (Lipinski definition) is 2. The molecule has 0 aromatic heterocycles. The van der Waals surface area contributed by atoms with E-state index < -0.39 is 12.0 Å². The van der Waals surface area contributed by atoms with Gasteiger partial charge in [0, 0.05) is 18.0 Å². The van der Waals surface area contributed by atoms with Crippen molar-refractivity contribution in [3.63, 3.8) is 0 Å².